The molecule has 1 aromatic heterocycles. The van der Waals surface area contributed by atoms with Gasteiger partial charge in [-0.2, -0.15) is 4.98 Å². The van der Waals surface area contributed by atoms with Crippen LogP contribution in [0.3, 0.4) is 0 Å². The highest BCUT2D eigenvalue weighted by molar-refractivity contribution is 5.87. The summed E-state index contributed by atoms with van der Waals surface area (Å²) in [6.07, 6.45) is 1.29. The molecule has 0 atom stereocenters. The maximum atomic E-state index is 11.5. The van der Waals surface area contributed by atoms with Crippen LogP contribution in [0.4, 0.5) is 11.7 Å². The van der Waals surface area contributed by atoms with Crippen LogP contribution in [-0.2, 0) is 4.74 Å². The summed E-state index contributed by atoms with van der Waals surface area (Å²) in [6, 6.07) is 8.19. The SMILES string of the molecule is CCOC(=O)c1coc(Nc2ccccc2C(C)C)n1. The maximum absolute atomic E-state index is 11.5. The van der Waals surface area contributed by atoms with Gasteiger partial charge >= 0.3 is 5.97 Å². The highest BCUT2D eigenvalue weighted by atomic mass is 16.5. The second kappa shape index (κ2) is 6.23. The van der Waals surface area contributed by atoms with E-state index in [0.717, 1.165) is 11.3 Å². The number of hydrogen-bond acceptors (Lipinski definition) is 5. The van der Waals surface area contributed by atoms with Crippen LogP contribution in [-0.4, -0.2) is 17.6 Å². The van der Waals surface area contributed by atoms with E-state index in [2.05, 4.69) is 24.1 Å². The molecule has 0 unspecified atom stereocenters. The fourth-order valence-corrected chi connectivity index (χ4v) is 1.86. The molecule has 0 aliphatic rings. The number of nitrogens with one attached hydrogen (secondary N) is 1. The molecule has 0 aliphatic heterocycles. The topological polar surface area (TPSA) is 64.4 Å². The normalized spacial score (nSPS) is 10.6. The molecule has 0 spiro atoms. The van der Waals surface area contributed by atoms with Crippen molar-refractivity contribution in [2.45, 2.75) is 26.7 Å². The third-order valence-electron chi connectivity index (χ3n) is 2.81. The van der Waals surface area contributed by atoms with E-state index in [1.165, 1.54) is 6.26 Å². The number of aromatic nitrogens is 1. The Morgan fingerprint density at radius 3 is 2.85 bits per heavy atom. The lowest BCUT2D eigenvalue weighted by Crippen LogP contribution is -2.05. The first-order valence-electron chi connectivity index (χ1n) is 6.60. The van der Waals surface area contributed by atoms with Crippen LogP contribution in [0.5, 0.6) is 0 Å². The number of hydrogen-bond donors (Lipinski definition) is 1. The first-order chi connectivity index (χ1) is 9.61. The molecule has 1 aromatic carbocycles. The first kappa shape index (κ1) is 14.1. The molecule has 0 bridgehead atoms. The van der Waals surface area contributed by atoms with Gasteiger partial charge in [-0.3, -0.25) is 0 Å². The molecule has 0 fully saturated rings. The van der Waals surface area contributed by atoms with Crippen molar-refractivity contribution in [3.8, 4) is 0 Å². The third kappa shape index (κ3) is 3.17. The molecule has 5 heteroatoms. The molecule has 0 radical (unpaired) electrons. The number of nitrogens with zero attached hydrogens (tertiary/aromatic N) is 1. The van der Waals surface area contributed by atoms with E-state index in [1.54, 1.807) is 6.92 Å². The van der Waals surface area contributed by atoms with E-state index in [9.17, 15) is 4.79 Å². The van der Waals surface area contributed by atoms with Gasteiger partial charge in [-0.1, -0.05) is 32.0 Å². The smallest absolute Gasteiger partial charge is 0.360 e. The predicted octanol–water partition coefficient (Wildman–Crippen LogP) is 3.72. The van der Waals surface area contributed by atoms with Crippen LogP contribution in [0, 0.1) is 0 Å². The quantitative estimate of drug-likeness (QED) is 0.842. The Labute approximate surface area is 118 Å². The highest BCUT2D eigenvalue weighted by Crippen LogP contribution is 2.26. The van der Waals surface area contributed by atoms with E-state index in [-0.39, 0.29) is 11.7 Å². The van der Waals surface area contributed by atoms with Gasteiger partial charge in [0.15, 0.2) is 5.69 Å². The zero-order valence-corrected chi connectivity index (χ0v) is 11.8. The Kier molecular flexibility index (Phi) is 4.40. The highest BCUT2D eigenvalue weighted by Gasteiger charge is 2.14. The molecular formula is C15H18N2O3. The summed E-state index contributed by atoms with van der Waals surface area (Å²) in [6.45, 7) is 6.28. The van der Waals surface area contributed by atoms with Crippen LogP contribution in [0.1, 0.15) is 42.7 Å². The fourth-order valence-electron chi connectivity index (χ4n) is 1.86. The summed E-state index contributed by atoms with van der Waals surface area (Å²) in [4.78, 5) is 15.6. The molecule has 20 heavy (non-hydrogen) atoms. The van der Waals surface area contributed by atoms with Gasteiger partial charge in [-0.05, 0) is 24.5 Å². The molecule has 2 rings (SSSR count). The summed E-state index contributed by atoms with van der Waals surface area (Å²) in [5, 5.41) is 3.09. The van der Waals surface area contributed by atoms with Crippen molar-refractivity contribution in [3.05, 3.63) is 41.8 Å². The van der Waals surface area contributed by atoms with E-state index in [0.29, 0.717) is 12.5 Å². The van der Waals surface area contributed by atoms with Crippen molar-refractivity contribution in [3.63, 3.8) is 0 Å². The third-order valence-corrected chi connectivity index (χ3v) is 2.81. The number of rotatable bonds is 5. The van der Waals surface area contributed by atoms with Gasteiger partial charge in [-0.15, -0.1) is 0 Å². The standard InChI is InChI=1S/C15H18N2O3/c1-4-19-14(18)13-9-20-15(17-13)16-12-8-6-5-7-11(12)10(2)3/h5-10H,4H2,1-3H3,(H,16,17). The van der Waals surface area contributed by atoms with Gasteiger partial charge < -0.3 is 14.5 Å². The van der Waals surface area contributed by atoms with E-state index < -0.39 is 5.97 Å². The molecule has 1 heterocycles. The van der Waals surface area contributed by atoms with Crippen LogP contribution in [0.25, 0.3) is 0 Å². The summed E-state index contributed by atoms with van der Waals surface area (Å²) in [5.74, 6) is -0.111. The number of anilines is 2. The number of benzene rings is 1. The second-order valence-corrected chi connectivity index (χ2v) is 4.63. The largest absolute Gasteiger partial charge is 0.461 e. The van der Waals surface area contributed by atoms with Crippen LogP contribution >= 0.6 is 0 Å². The van der Waals surface area contributed by atoms with Gasteiger partial charge in [0.05, 0.1) is 6.61 Å². The zero-order valence-electron chi connectivity index (χ0n) is 11.8. The number of carbonyl (C=O) groups excluding carboxylic acids is 1. The summed E-state index contributed by atoms with van der Waals surface area (Å²) in [7, 11) is 0. The molecular weight excluding hydrogens is 256 g/mol. The van der Waals surface area contributed by atoms with Crippen molar-refractivity contribution in [1.29, 1.82) is 0 Å². The van der Waals surface area contributed by atoms with Crippen molar-refractivity contribution in [2.24, 2.45) is 0 Å². The molecule has 0 saturated heterocycles. The number of carbonyl (C=O) groups is 1. The number of esters is 1. The summed E-state index contributed by atoms with van der Waals surface area (Å²) >= 11 is 0. The van der Waals surface area contributed by atoms with E-state index in [4.69, 9.17) is 9.15 Å². The molecule has 1 N–H and O–H groups in total. The minimum absolute atomic E-state index is 0.163. The van der Waals surface area contributed by atoms with Crippen LogP contribution in [0.2, 0.25) is 0 Å². The molecule has 106 valence electrons. The van der Waals surface area contributed by atoms with Gasteiger partial charge in [-0.25, -0.2) is 4.79 Å². The zero-order chi connectivity index (χ0) is 14.5. The van der Waals surface area contributed by atoms with Gasteiger partial charge in [0.2, 0.25) is 0 Å². The van der Waals surface area contributed by atoms with Crippen molar-refractivity contribution < 1.29 is 13.9 Å². The van der Waals surface area contributed by atoms with Crippen molar-refractivity contribution >= 4 is 17.7 Å². The summed E-state index contributed by atoms with van der Waals surface area (Å²) in [5.41, 5.74) is 2.24. The van der Waals surface area contributed by atoms with Crippen molar-refractivity contribution in [1.82, 2.24) is 4.98 Å². The minimum Gasteiger partial charge on any atom is -0.461 e. The Morgan fingerprint density at radius 2 is 2.15 bits per heavy atom. The van der Waals surface area contributed by atoms with Gasteiger partial charge in [0, 0.05) is 5.69 Å². The lowest BCUT2D eigenvalue weighted by atomic mass is 10.0. The monoisotopic (exact) mass is 274 g/mol. The summed E-state index contributed by atoms with van der Waals surface area (Å²) < 4.78 is 10.1. The Hall–Kier alpha value is -2.30. The molecule has 5 nitrogen and oxygen atoms in total. The van der Waals surface area contributed by atoms with Gasteiger partial charge in [0.25, 0.3) is 6.01 Å². The average molecular weight is 274 g/mol. The molecule has 2 aromatic rings. The Balaban J connectivity index is 2.17. The lowest BCUT2D eigenvalue weighted by Gasteiger charge is -2.11. The maximum Gasteiger partial charge on any atom is 0.360 e. The van der Waals surface area contributed by atoms with E-state index >= 15 is 0 Å². The number of ether oxygens (including phenoxy) is 1. The van der Waals surface area contributed by atoms with E-state index in [1.807, 2.05) is 24.3 Å². The average Bonchev–Trinajstić information content (AvgIpc) is 2.88. The minimum atomic E-state index is -0.485. The molecule has 0 amide bonds. The number of oxazole rings is 1. The molecule has 0 saturated carbocycles. The number of para-hydroxylation sites is 1. The molecule has 0 aliphatic carbocycles. The van der Waals surface area contributed by atoms with Gasteiger partial charge in [0.1, 0.15) is 6.26 Å². The lowest BCUT2D eigenvalue weighted by molar-refractivity contribution is 0.0519. The second-order valence-electron chi connectivity index (χ2n) is 4.63. The van der Waals surface area contributed by atoms with Crippen LogP contribution < -0.4 is 5.32 Å². The Morgan fingerprint density at radius 1 is 1.40 bits per heavy atom. The Bertz CT molecular complexity index is 590. The predicted molar refractivity (Wildman–Crippen MR) is 76.3 cm³/mol. The van der Waals surface area contributed by atoms with Crippen molar-refractivity contribution in [2.75, 3.05) is 11.9 Å². The fraction of sp³-hybridized carbons (Fsp3) is 0.333. The van der Waals surface area contributed by atoms with Crippen LogP contribution in [0.15, 0.2) is 34.9 Å². The first-order valence-corrected chi connectivity index (χ1v) is 6.60.